The van der Waals surface area contributed by atoms with Crippen molar-refractivity contribution in [2.75, 3.05) is 43.3 Å². The van der Waals surface area contributed by atoms with Crippen LogP contribution in [-0.4, -0.2) is 75.3 Å². The molecule has 1 atom stereocenters. The minimum Gasteiger partial charge on any atom is -0.450 e. The zero-order valence-corrected chi connectivity index (χ0v) is 18.0. The maximum absolute atomic E-state index is 13.0. The Kier molecular flexibility index (Phi) is 6.92. The van der Waals surface area contributed by atoms with Gasteiger partial charge in [0, 0.05) is 26.2 Å². The average Bonchev–Trinajstić information content (AvgIpc) is 2.63. The number of rotatable bonds is 5. The van der Waals surface area contributed by atoms with E-state index in [1.807, 2.05) is 26.0 Å². The van der Waals surface area contributed by atoms with Gasteiger partial charge < -0.3 is 14.5 Å². The second-order valence-electron chi connectivity index (χ2n) is 7.04. The molecule has 1 aromatic carbocycles. The molecule has 1 saturated heterocycles. The lowest BCUT2D eigenvalue weighted by molar-refractivity contribution is -0.133. The monoisotopic (exact) mass is 411 g/mol. The molecule has 8 nitrogen and oxygen atoms in total. The molecule has 1 fully saturated rings. The van der Waals surface area contributed by atoms with Crippen LogP contribution >= 0.6 is 0 Å². The highest BCUT2D eigenvalue weighted by molar-refractivity contribution is 7.92. The van der Waals surface area contributed by atoms with Crippen molar-refractivity contribution in [2.24, 2.45) is 0 Å². The van der Waals surface area contributed by atoms with Crippen molar-refractivity contribution >= 4 is 27.7 Å². The number of piperazine rings is 1. The summed E-state index contributed by atoms with van der Waals surface area (Å²) in [6.45, 7) is 8.74. The Bertz CT molecular complexity index is 832. The van der Waals surface area contributed by atoms with Gasteiger partial charge >= 0.3 is 6.09 Å². The van der Waals surface area contributed by atoms with E-state index in [9.17, 15) is 18.0 Å². The molecule has 0 aliphatic carbocycles. The van der Waals surface area contributed by atoms with E-state index in [0.29, 0.717) is 38.5 Å². The van der Waals surface area contributed by atoms with E-state index in [0.717, 1.165) is 17.4 Å². The molecule has 0 bridgehead atoms. The summed E-state index contributed by atoms with van der Waals surface area (Å²) in [7, 11) is -3.67. The van der Waals surface area contributed by atoms with Crippen LogP contribution < -0.4 is 4.31 Å². The Hall–Kier alpha value is -2.29. The summed E-state index contributed by atoms with van der Waals surface area (Å²) < 4.78 is 31.2. The number of carbonyl (C=O) groups is 2. The fraction of sp³-hybridized carbons (Fsp3) is 0.579. The Morgan fingerprint density at radius 1 is 1.14 bits per heavy atom. The Balaban J connectivity index is 2.19. The summed E-state index contributed by atoms with van der Waals surface area (Å²) >= 11 is 0. The highest BCUT2D eigenvalue weighted by Gasteiger charge is 2.34. The molecule has 0 aromatic heterocycles. The largest absolute Gasteiger partial charge is 0.450 e. The number of sulfonamides is 1. The number of ether oxygens (including phenoxy) is 1. The first-order valence-electron chi connectivity index (χ1n) is 9.33. The molecular weight excluding hydrogens is 382 g/mol. The molecule has 2 rings (SSSR count). The van der Waals surface area contributed by atoms with Crippen LogP contribution in [0.3, 0.4) is 0 Å². The van der Waals surface area contributed by atoms with Crippen LogP contribution in [-0.2, 0) is 19.6 Å². The molecule has 9 heteroatoms. The number of carbonyl (C=O) groups excluding carboxylic acids is 2. The van der Waals surface area contributed by atoms with Crippen LogP contribution in [0.5, 0.6) is 0 Å². The molecule has 0 spiro atoms. The van der Waals surface area contributed by atoms with E-state index >= 15 is 0 Å². The van der Waals surface area contributed by atoms with E-state index in [1.165, 1.54) is 4.31 Å². The van der Waals surface area contributed by atoms with Gasteiger partial charge in [0.1, 0.15) is 6.04 Å². The van der Waals surface area contributed by atoms with Crippen LogP contribution in [0.15, 0.2) is 18.2 Å². The van der Waals surface area contributed by atoms with E-state index in [2.05, 4.69) is 0 Å². The summed E-state index contributed by atoms with van der Waals surface area (Å²) in [6.07, 6.45) is 0.716. The SMILES string of the molecule is CCOC(=O)N1CCN(C(=O)[C@H](C)N(c2cc(C)ccc2C)S(C)(=O)=O)CC1. The zero-order chi connectivity index (χ0) is 21.1. The van der Waals surface area contributed by atoms with Crippen LogP contribution in [0.2, 0.25) is 0 Å². The molecule has 0 saturated carbocycles. The molecule has 1 heterocycles. The zero-order valence-electron chi connectivity index (χ0n) is 17.1. The lowest BCUT2D eigenvalue weighted by Gasteiger charge is -2.38. The maximum atomic E-state index is 13.0. The van der Waals surface area contributed by atoms with E-state index in [4.69, 9.17) is 4.74 Å². The van der Waals surface area contributed by atoms with E-state index in [-0.39, 0.29) is 5.91 Å². The van der Waals surface area contributed by atoms with Crippen LogP contribution in [0, 0.1) is 13.8 Å². The van der Waals surface area contributed by atoms with Crippen molar-refractivity contribution in [3.63, 3.8) is 0 Å². The molecule has 28 heavy (non-hydrogen) atoms. The lowest BCUT2D eigenvalue weighted by atomic mass is 10.1. The Morgan fingerprint density at radius 3 is 2.25 bits per heavy atom. The third kappa shape index (κ3) is 4.95. The second kappa shape index (κ2) is 8.81. The molecule has 1 aromatic rings. The summed E-state index contributed by atoms with van der Waals surface area (Å²) in [5, 5.41) is 0. The van der Waals surface area contributed by atoms with Crippen molar-refractivity contribution in [3.05, 3.63) is 29.3 Å². The fourth-order valence-corrected chi connectivity index (χ4v) is 4.54. The van der Waals surface area contributed by atoms with Gasteiger partial charge in [0.15, 0.2) is 0 Å². The molecule has 0 unspecified atom stereocenters. The first-order valence-corrected chi connectivity index (χ1v) is 11.2. The first kappa shape index (κ1) is 22.0. The van der Waals surface area contributed by atoms with Gasteiger partial charge in [-0.1, -0.05) is 12.1 Å². The number of benzene rings is 1. The third-order valence-corrected chi connectivity index (χ3v) is 6.01. The predicted molar refractivity (Wildman–Crippen MR) is 108 cm³/mol. The normalized spacial score (nSPS) is 15.9. The van der Waals surface area contributed by atoms with Crippen molar-refractivity contribution in [1.29, 1.82) is 0 Å². The Morgan fingerprint density at radius 2 is 1.71 bits per heavy atom. The van der Waals surface area contributed by atoms with Gasteiger partial charge in [0.25, 0.3) is 0 Å². The number of aryl methyl sites for hydroxylation is 2. The number of hydrogen-bond donors (Lipinski definition) is 0. The van der Waals surface area contributed by atoms with Crippen LogP contribution in [0.1, 0.15) is 25.0 Å². The smallest absolute Gasteiger partial charge is 0.409 e. The highest BCUT2D eigenvalue weighted by atomic mass is 32.2. The molecule has 0 N–H and O–H groups in total. The molecule has 1 aliphatic rings. The minimum absolute atomic E-state index is 0.283. The summed E-state index contributed by atoms with van der Waals surface area (Å²) in [4.78, 5) is 28.0. The molecule has 156 valence electrons. The standard InChI is InChI=1S/C19H29N3O5S/c1-6-27-19(24)21-11-9-20(10-12-21)18(23)16(4)22(28(5,25)26)17-13-14(2)7-8-15(17)3/h7-8,13,16H,6,9-12H2,1-5H3/t16-/m0/s1. The van der Waals surface area contributed by atoms with E-state index < -0.39 is 22.2 Å². The second-order valence-corrected chi connectivity index (χ2v) is 8.90. The van der Waals surface area contributed by atoms with Crippen LogP contribution in [0.25, 0.3) is 0 Å². The van der Waals surface area contributed by atoms with Crippen molar-refractivity contribution in [1.82, 2.24) is 9.80 Å². The predicted octanol–water partition coefficient (Wildman–Crippen LogP) is 1.76. The Labute approximate surface area is 167 Å². The van der Waals surface area contributed by atoms with Gasteiger partial charge in [-0.3, -0.25) is 9.10 Å². The lowest BCUT2D eigenvalue weighted by Crippen LogP contribution is -2.56. The molecule has 1 aliphatic heterocycles. The average molecular weight is 412 g/mol. The molecule has 2 amide bonds. The van der Waals surface area contributed by atoms with E-state index in [1.54, 1.807) is 29.7 Å². The van der Waals surface area contributed by atoms with Gasteiger partial charge in [0.05, 0.1) is 18.6 Å². The quantitative estimate of drug-likeness (QED) is 0.737. The fourth-order valence-electron chi connectivity index (χ4n) is 3.32. The minimum atomic E-state index is -3.67. The van der Waals surface area contributed by atoms with Crippen molar-refractivity contribution < 1.29 is 22.7 Å². The summed E-state index contributed by atoms with van der Waals surface area (Å²) in [5.74, 6) is -0.283. The number of nitrogens with zero attached hydrogens (tertiary/aromatic N) is 3. The third-order valence-electron chi connectivity index (χ3n) is 4.79. The first-order chi connectivity index (χ1) is 13.1. The number of amides is 2. The molecule has 0 radical (unpaired) electrons. The summed E-state index contributed by atoms with van der Waals surface area (Å²) in [5.41, 5.74) is 2.20. The van der Waals surface area contributed by atoms with Gasteiger partial charge in [-0.15, -0.1) is 0 Å². The number of hydrogen-bond acceptors (Lipinski definition) is 5. The van der Waals surface area contributed by atoms with Gasteiger partial charge in [-0.2, -0.15) is 0 Å². The van der Waals surface area contributed by atoms with Crippen LogP contribution in [0.4, 0.5) is 10.5 Å². The summed E-state index contributed by atoms with van der Waals surface area (Å²) in [6, 6.07) is 4.64. The number of anilines is 1. The van der Waals surface area contributed by atoms with Crippen molar-refractivity contribution in [3.8, 4) is 0 Å². The topological polar surface area (TPSA) is 87.2 Å². The van der Waals surface area contributed by atoms with Gasteiger partial charge in [-0.25, -0.2) is 13.2 Å². The highest BCUT2D eigenvalue weighted by Crippen LogP contribution is 2.27. The maximum Gasteiger partial charge on any atom is 0.409 e. The van der Waals surface area contributed by atoms with Gasteiger partial charge in [0.2, 0.25) is 15.9 Å². The van der Waals surface area contributed by atoms with Gasteiger partial charge in [-0.05, 0) is 44.9 Å². The van der Waals surface area contributed by atoms with Crippen molar-refractivity contribution in [2.45, 2.75) is 33.7 Å². The molecular formula is C19H29N3O5S.